The summed E-state index contributed by atoms with van der Waals surface area (Å²) in [7, 11) is 0. The maximum absolute atomic E-state index is 9.48. The Morgan fingerprint density at radius 3 is 2.33 bits per heavy atom. The van der Waals surface area contributed by atoms with Crippen LogP contribution in [-0.2, 0) is 0 Å². The molecule has 2 nitrogen and oxygen atoms in total. The van der Waals surface area contributed by atoms with Crippen LogP contribution < -0.4 is 0 Å². The fraction of sp³-hybridized carbons (Fsp3) is 0. The first kappa shape index (κ1) is 11.9. The molecule has 0 bridgehead atoms. The van der Waals surface area contributed by atoms with Gasteiger partial charge in [-0.15, -0.1) is 0 Å². The lowest BCUT2D eigenvalue weighted by atomic mass is 9.96. The van der Waals surface area contributed by atoms with E-state index in [2.05, 4.69) is 41.4 Å². The maximum Gasteiger partial charge on any atom is 0.115 e. The highest BCUT2D eigenvalue weighted by Crippen LogP contribution is 2.33. The van der Waals surface area contributed by atoms with E-state index in [-0.39, 0.29) is 5.75 Å². The predicted molar refractivity (Wildman–Crippen MR) is 86.3 cm³/mol. The lowest BCUT2D eigenvalue weighted by Crippen LogP contribution is -1.85. The summed E-state index contributed by atoms with van der Waals surface area (Å²) in [5.41, 5.74) is 3.23. The highest BCUT2D eigenvalue weighted by molar-refractivity contribution is 6.12. The zero-order valence-corrected chi connectivity index (χ0v) is 11.3. The molecule has 2 heteroatoms. The molecule has 4 rings (SSSR count). The van der Waals surface area contributed by atoms with Crippen molar-refractivity contribution in [2.24, 2.45) is 0 Å². The van der Waals surface area contributed by atoms with Crippen molar-refractivity contribution in [2.45, 2.75) is 0 Å². The zero-order valence-electron chi connectivity index (χ0n) is 11.3. The molecule has 0 saturated carbocycles. The number of nitrogens with zero attached hydrogens (tertiary/aromatic N) is 1. The van der Waals surface area contributed by atoms with E-state index >= 15 is 0 Å². The van der Waals surface area contributed by atoms with Crippen molar-refractivity contribution < 1.29 is 5.11 Å². The highest BCUT2D eigenvalue weighted by atomic mass is 16.3. The number of phenolic OH excluding ortho intramolecular Hbond substituents is 1. The smallest absolute Gasteiger partial charge is 0.115 e. The minimum atomic E-state index is 0.280. The van der Waals surface area contributed by atoms with Crippen molar-refractivity contribution >= 4 is 21.7 Å². The van der Waals surface area contributed by atoms with Crippen LogP contribution in [0.3, 0.4) is 0 Å². The maximum atomic E-state index is 9.48. The van der Waals surface area contributed by atoms with Gasteiger partial charge in [0.25, 0.3) is 0 Å². The summed E-state index contributed by atoms with van der Waals surface area (Å²) in [6.07, 6.45) is 1.83. The molecule has 0 spiro atoms. The Hall–Kier alpha value is -2.87. The van der Waals surface area contributed by atoms with Gasteiger partial charge in [-0.25, -0.2) is 0 Å². The van der Waals surface area contributed by atoms with Crippen LogP contribution in [0.1, 0.15) is 0 Å². The second-order valence-electron chi connectivity index (χ2n) is 5.09. The summed E-state index contributed by atoms with van der Waals surface area (Å²) in [6, 6.07) is 21.8. The highest BCUT2D eigenvalue weighted by Gasteiger charge is 2.08. The normalized spacial score (nSPS) is 11.0. The predicted octanol–water partition coefficient (Wildman–Crippen LogP) is 4.76. The summed E-state index contributed by atoms with van der Waals surface area (Å²) >= 11 is 0. The molecular formula is C19H13NO. The standard InChI is InChI=1S/C19H13NO/c21-16-10-8-13(9-11-16)17-5-1-3-14-6-7-15-4-2-12-20-19(15)18(14)17/h1-12,21H. The van der Waals surface area contributed by atoms with Gasteiger partial charge in [0.05, 0.1) is 5.52 Å². The second-order valence-corrected chi connectivity index (χ2v) is 5.09. The van der Waals surface area contributed by atoms with Crippen molar-refractivity contribution in [2.75, 3.05) is 0 Å². The Morgan fingerprint density at radius 1 is 0.714 bits per heavy atom. The van der Waals surface area contributed by atoms with Crippen LogP contribution in [0, 0.1) is 0 Å². The van der Waals surface area contributed by atoms with Crippen LogP contribution in [0.25, 0.3) is 32.8 Å². The van der Waals surface area contributed by atoms with Gasteiger partial charge < -0.3 is 5.11 Å². The van der Waals surface area contributed by atoms with Gasteiger partial charge in [-0.3, -0.25) is 4.98 Å². The molecule has 1 N–H and O–H groups in total. The molecule has 21 heavy (non-hydrogen) atoms. The average Bonchev–Trinajstić information content (AvgIpc) is 2.55. The number of rotatable bonds is 1. The minimum absolute atomic E-state index is 0.280. The molecule has 0 saturated heterocycles. The fourth-order valence-corrected chi connectivity index (χ4v) is 2.80. The van der Waals surface area contributed by atoms with Crippen LogP contribution in [0.4, 0.5) is 0 Å². The number of phenols is 1. The van der Waals surface area contributed by atoms with E-state index in [0.29, 0.717) is 0 Å². The van der Waals surface area contributed by atoms with E-state index in [1.807, 2.05) is 24.4 Å². The van der Waals surface area contributed by atoms with E-state index in [0.717, 1.165) is 27.4 Å². The summed E-state index contributed by atoms with van der Waals surface area (Å²) in [4.78, 5) is 4.56. The number of benzene rings is 3. The molecule has 0 radical (unpaired) electrons. The number of hydrogen-bond donors (Lipinski definition) is 1. The monoisotopic (exact) mass is 271 g/mol. The first-order valence-corrected chi connectivity index (χ1v) is 6.89. The summed E-state index contributed by atoms with van der Waals surface area (Å²) in [5.74, 6) is 0.280. The Balaban J connectivity index is 2.13. The molecule has 1 aromatic heterocycles. The van der Waals surface area contributed by atoms with Gasteiger partial charge in [-0.2, -0.15) is 0 Å². The van der Waals surface area contributed by atoms with E-state index in [1.165, 1.54) is 5.39 Å². The van der Waals surface area contributed by atoms with E-state index in [1.54, 1.807) is 12.1 Å². The van der Waals surface area contributed by atoms with Gasteiger partial charge in [-0.05, 0) is 34.7 Å². The molecule has 0 fully saturated rings. The van der Waals surface area contributed by atoms with Gasteiger partial charge in [-0.1, -0.05) is 48.5 Å². The van der Waals surface area contributed by atoms with Crippen LogP contribution in [0.15, 0.2) is 72.9 Å². The summed E-state index contributed by atoms with van der Waals surface area (Å²) in [5, 5.41) is 12.9. The summed E-state index contributed by atoms with van der Waals surface area (Å²) < 4.78 is 0. The van der Waals surface area contributed by atoms with Crippen molar-refractivity contribution in [3.8, 4) is 16.9 Å². The van der Waals surface area contributed by atoms with E-state index in [4.69, 9.17) is 0 Å². The number of aromatic nitrogens is 1. The number of fused-ring (bicyclic) bond motifs is 3. The quantitative estimate of drug-likeness (QED) is 0.506. The van der Waals surface area contributed by atoms with Gasteiger partial charge in [0.15, 0.2) is 0 Å². The molecule has 0 aliphatic heterocycles. The number of hydrogen-bond acceptors (Lipinski definition) is 2. The molecule has 1 heterocycles. The first-order chi connectivity index (χ1) is 10.3. The van der Waals surface area contributed by atoms with Crippen LogP contribution in [0.2, 0.25) is 0 Å². The number of aromatic hydroxyl groups is 1. The van der Waals surface area contributed by atoms with Crippen LogP contribution in [0.5, 0.6) is 5.75 Å². The minimum Gasteiger partial charge on any atom is -0.508 e. The van der Waals surface area contributed by atoms with Gasteiger partial charge in [0.2, 0.25) is 0 Å². The molecule has 0 atom stereocenters. The lowest BCUT2D eigenvalue weighted by Gasteiger charge is -2.09. The Morgan fingerprint density at radius 2 is 1.48 bits per heavy atom. The number of pyridine rings is 1. The fourth-order valence-electron chi connectivity index (χ4n) is 2.80. The van der Waals surface area contributed by atoms with Crippen molar-refractivity contribution in [3.63, 3.8) is 0 Å². The first-order valence-electron chi connectivity index (χ1n) is 6.89. The largest absolute Gasteiger partial charge is 0.508 e. The topological polar surface area (TPSA) is 33.1 Å². The third-order valence-corrected chi connectivity index (χ3v) is 3.79. The molecule has 0 unspecified atom stereocenters. The molecule has 0 amide bonds. The van der Waals surface area contributed by atoms with Crippen LogP contribution >= 0.6 is 0 Å². The molecule has 3 aromatic carbocycles. The van der Waals surface area contributed by atoms with Gasteiger partial charge in [0.1, 0.15) is 5.75 Å². The third kappa shape index (κ3) is 1.93. The van der Waals surface area contributed by atoms with Gasteiger partial charge >= 0.3 is 0 Å². The SMILES string of the molecule is Oc1ccc(-c2cccc3ccc4cccnc4c23)cc1. The Bertz CT molecular complexity index is 942. The third-order valence-electron chi connectivity index (χ3n) is 3.79. The lowest BCUT2D eigenvalue weighted by molar-refractivity contribution is 0.475. The molecule has 0 aliphatic carbocycles. The molecule has 0 aliphatic rings. The average molecular weight is 271 g/mol. The Labute approximate surface area is 122 Å². The molecule has 4 aromatic rings. The molecular weight excluding hydrogens is 258 g/mol. The second kappa shape index (κ2) is 4.60. The van der Waals surface area contributed by atoms with Crippen molar-refractivity contribution in [3.05, 3.63) is 72.9 Å². The van der Waals surface area contributed by atoms with Crippen molar-refractivity contribution in [1.82, 2.24) is 4.98 Å². The van der Waals surface area contributed by atoms with Crippen molar-refractivity contribution in [1.29, 1.82) is 0 Å². The molecule has 100 valence electrons. The zero-order chi connectivity index (χ0) is 14.2. The van der Waals surface area contributed by atoms with Gasteiger partial charge in [0, 0.05) is 17.0 Å². The summed E-state index contributed by atoms with van der Waals surface area (Å²) in [6.45, 7) is 0. The van der Waals surface area contributed by atoms with Crippen LogP contribution in [-0.4, -0.2) is 10.1 Å². The Kier molecular flexibility index (Phi) is 2.61. The van der Waals surface area contributed by atoms with E-state index in [9.17, 15) is 5.11 Å². The van der Waals surface area contributed by atoms with E-state index < -0.39 is 0 Å².